The molecular weight excluding hydrogens is 473 g/mol. The van der Waals surface area contributed by atoms with Gasteiger partial charge in [-0.3, -0.25) is 4.79 Å². The monoisotopic (exact) mass is 485 g/mol. The number of halogens is 5. The number of oxime groups is 1. The highest BCUT2D eigenvalue weighted by Gasteiger charge is 2.47. The van der Waals surface area contributed by atoms with Gasteiger partial charge in [0.2, 0.25) is 11.1 Å². The minimum absolute atomic E-state index is 0.00724. The van der Waals surface area contributed by atoms with E-state index in [1.165, 1.54) is 18.2 Å². The zero-order valence-corrected chi connectivity index (χ0v) is 16.6. The van der Waals surface area contributed by atoms with Crippen LogP contribution in [0.1, 0.15) is 22.5 Å². The summed E-state index contributed by atoms with van der Waals surface area (Å²) in [7, 11) is 0. The summed E-state index contributed by atoms with van der Waals surface area (Å²) < 4.78 is 68.3. The van der Waals surface area contributed by atoms with E-state index >= 15 is 0 Å². The maximum Gasteiger partial charge on any atom is 0.573 e. The summed E-state index contributed by atoms with van der Waals surface area (Å²) in [5, 5.41) is 26.3. The average Bonchev–Trinajstić information content (AvgIpc) is 3.16. The molecule has 0 aliphatic carbocycles. The van der Waals surface area contributed by atoms with Gasteiger partial charge in [0.05, 0.1) is 28.7 Å². The van der Waals surface area contributed by atoms with Gasteiger partial charge < -0.3 is 19.8 Å². The molecule has 2 heterocycles. The van der Waals surface area contributed by atoms with Gasteiger partial charge in [-0.25, -0.2) is 18.3 Å². The summed E-state index contributed by atoms with van der Waals surface area (Å²) in [4.78, 5) is 29.0. The van der Waals surface area contributed by atoms with E-state index in [2.05, 4.69) is 19.8 Å². The van der Waals surface area contributed by atoms with Crippen molar-refractivity contribution in [3.05, 3.63) is 63.9 Å². The van der Waals surface area contributed by atoms with E-state index in [4.69, 9.17) is 0 Å². The minimum atomic E-state index is -4.93. The van der Waals surface area contributed by atoms with E-state index in [1.54, 1.807) is 0 Å². The number of carboxylic acids is 1. The Morgan fingerprint density at radius 1 is 1.18 bits per heavy atom. The number of aliphatic hydroxyl groups is 1. The third-order valence-corrected chi connectivity index (χ3v) is 4.82. The summed E-state index contributed by atoms with van der Waals surface area (Å²) in [6, 6.07) is 8.23. The molecule has 0 saturated carbocycles. The lowest BCUT2D eigenvalue weighted by Crippen LogP contribution is -2.37. The molecule has 14 heteroatoms. The molecule has 0 spiro atoms. The van der Waals surface area contributed by atoms with Gasteiger partial charge in [0, 0.05) is 5.56 Å². The Kier molecular flexibility index (Phi) is 5.47. The van der Waals surface area contributed by atoms with Gasteiger partial charge in [-0.05, 0) is 30.3 Å². The first kappa shape index (κ1) is 23.1. The van der Waals surface area contributed by atoms with Gasteiger partial charge in [-0.15, -0.1) is 13.2 Å². The SMILES string of the molecule is O=C(O)c1nn(-c2ccc(OC(F)(F)F)cc2)c2cccc(C3=NOC(O)(C(F)F)C3)c2c1=O. The Balaban J connectivity index is 1.90. The Hall–Kier alpha value is -4.07. The van der Waals surface area contributed by atoms with Crippen LogP contribution < -0.4 is 10.2 Å². The maximum absolute atomic E-state index is 13.1. The third kappa shape index (κ3) is 4.14. The van der Waals surface area contributed by atoms with Crippen molar-refractivity contribution in [2.45, 2.75) is 25.0 Å². The lowest BCUT2D eigenvalue weighted by molar-refractivity contribution is -0.274. The van der Waals surface area contributed by atoms with E-state index in [0.29, 0.717) is 0 Å². The number of aromatic carboxylic acids is 1. The number of alkyl halides is 5. The molecule has 1 unspecified atom stereocenters. The second kappa shape index (κ2) is 8.06. The zero-order chi connectivity index (χ0) is 24.8. The topological polar surface area (TPSA) is 123 Å². The molecule has 1 aromatic heterocycles. The number of hydrogen-bond donors (Lipinski definition) is 2. The lowest BCUT2D eigenvalue weighted by atomic mass is 9.98. The number of nitrogens with zero attached hydrogens (tertiary/aromatic N) is 3. The number of rotatable bonds is 5. The van der Waals surface area contributed by atoms with Crippen molar-refractivity contribution in [1.82, 2.24) is 9.78 Å². The van der Waals surface area contributed by atoms with Crippen molar-refractivity contribution in [3.8, 4) is 11.4 Å². The fourth-order valence-corrected chi connectivity index (χ4v) is 3.34. The fraction of sp³-hybridized carbons (Fsp3) is 0.200. The standard InChI is InChI=1S/C20H12F5N3O6/c21-18(22)19(32)8-12(27-34-19)11-2-1-3-13-14(11)16(29)15(17(30)31)26-28(13)9-4-6-10(7-5-9)33-20(23,24)25/h1-7,18,32H,8H2,(H,30,31). The second-order valence-electron chi connectivity index (χ2n) is 7.09. The summed E-state index contributed by atoms with van der Waals surface area (Å²) in [5.74, 6) is -5.18. The molecular formula is C20H12F5N3O6. The van der Waals surface area contributed by atoms with Gasteiger partial charge >= 0.3 is 24.5 Å². The van der Waals surface area contributed by atoms with Crippen LogP contribution in [0.25, 0.3) is 16.6 Å². The maximum atomic E-state index is 13.1. The van der Waals surface area contributed by atoms with Crippen molar-refractivity contribution in [1.29, 1.82) is 0 Å². The summed E-state index contributed by atoms with van der Waals surface area (Å²) in [5.41, 5.74) is -2.29. The van der Waals surface area contributed by atoms with Crippen LogP contribution in [0.3, 0.4) is 0 Å². The molecule has 0 bridgehead atoms. The van der Waals surface area contributed by atoms with E-state index in [1.807, 2.05) is 0 Å². The first-order chi connectivity index (χ1) is 15.9. The smallest absolute Gasteiger partial charge is 0.476 e. The van der Waals surface area contributed by atoms with Crippen molar-refractivity contribution < 1.29 is 46.5 Å². The minimum Gasteiger partial charge on any atom is -0.476 e. The predicted octanol–water partition coefficient (Wildman–Crippen LogP) is 3.06. The molecule has 1 aliphatic rings. The molecule has 9 nitrogen and oxygen atoms in total. The average molecular weight is 485 g/mol. The van der Waals surface area contributed by atoms with Crippen LogP contribution in [0, 0.1) is 0 Å². The number of benzene rings is 2. The van der Waals surface area contributed by atoms with Crippen LogP contribution in [0.15, 0.2) is 52.4 Å². The highest BCUT2D eigenvalue weighted by atomic mass is 19.4. The molecule has 34 heavy (non-hydrogen) atoms. The first-order valence-electron chi connectivity index (χ1n) is 9.31. The Labute approximate surface area is 185 Å². The Bertz CT molecular complexity index is 1370. The van der Waals surface area contributed by atoms with Crippen LogP contribution in [0.4, 0.5) is 22.0 Å². The third-order valence-electron chi connectivity index (χ3n) is 4.82. The molecule has 1 atom stereocenters. The largest absolute Gasteiger partial charge is 0.573 e. The number of carboxylic acid groups (broad SMARTS) is 1. The van der Waals surface area contributed by atoms with Crippen LogP contribution in [0.5, 0.6) is 5.75 Å². The van der Waals surface area contributed by atoms with Crippen LogP contribution in [-0.2, 0) is 4.84 Å². The number of aromatic nitrogens is 2. The van der Waals surface area contributed by atoms with E-state index in [-0.39, 0.29) is 27.9 Å². The summed E-state index contributed by atoms with van der Waals surface area (Å²) >= 11 is 0. The van der Waals surface area contributed by atoms with Crippen molar-refractivity contribution in [3.63, 3.8) is 0 Å². The van der Waals surface area contributed by atoms with Gasteiger partial charge in [0.1, 0.15) is 5.75 Å². The molecule has 3 aromatic rings. The lowest BCUT2D eigenvalue weighted by Gasteiger charge is -2.18. The number of carbonyl (C=O) groups is 1. The summed E-state index contributed by atoms with van der Waals surface area (Å²) in [6.07, 6.45) is -9.05. The van der Waals surface area contributed by atoms with Gasteiger partial charge in [0.25, 0.3) is 0 Å². The molecule has 0 radical (unpaired) electrons. The quantitative estimate of drug-likeness (QED) is 0.533. The first-order valence-corrected chi connectivity index (χ1v) is 9.31. The predicted molar refractivity (Wildman–Crippen MR) is 104 cm³/mol. The number of fused-ring (bicyclic) bond motifs is 1. The molecule has 178 valence electrons. The van der Waals surface area contributed by atoms with Gasteiger partial charge in [0.15, 0.2) is 0 Å². The molecule has 0 fully saturated rings. The normalized spacial score (nSPS) is 18.1. The second-order valence-corrected chi connectivity index (χ2v) is 7.09. The fourth-order valence-electron chi connectivity index (χ4n) is 3.34. The van der Waals surface area contributed by atoms with Crippen molar-refractivity contribution in [2.24, 2.45) is 5.16 Å². The summed E-state index contributed by atoms with van der Waals surface area (Å²) in [6.45, 7) is 0. The highest BCUT2D eigenvalue weighted by Crippen LogP contribution is 2.32. The van der Waals surface area contributed by atoms with E-state index in [0.717, 1.165) is 28.9 Å². The van der Waals surface area contributed by atoms with Crippen LogP contribution in [-0.4, -0.2) is 50.2 Å². The molecule has 2 aromatic carbocycles. The van der Waals surface area contributed by atoms with Crippen LogP contribution in [0.2, 0.25) is 0 Å². The molecule has 0 saturated heterocycles. The van der Waals surface area contributed by atoms with E-state index < -0.39 is 47.8 Å². The van der Waals surface area contributed by atoms with Crippen molar-refractivity contribution in [2.75, 3.05) is 0 Å². The van der Waals surface area contributed by atoms with E-state index in [9.17, 15) is 41.8 Å². The number of hydrogen-bond acceptors (Lipinski definition) is 7. The van der Waals surface area contributed by atoms with Crippen LogP contribution >= 0.6 is 0 Å². The zero-order valence-electron chi connectivity index (χ0n) is 16.6. The molecule has 4 rings (SSSR count). The van der Waals surface area contributed by atoms with Gasteiger partial charge in [-0.1, -0.05) is 17.3 Å². The Morgan fingerprint density at radius 2 is 1.85 bits per heavy atom. The molecule has 2 N–H and O–H groups in total. The van der Waals surface area contributed by atoms with Crippen molar-refractivity contribution >= 4 is 22.6 Å². The van der Waals surface area contributed by atoms with Gasteiger partial charge in [-0.2, -0.15) is 5.10 Å². The number of ether oxygens (including phenoxy) is 1. The molecule has 0 amide bonds. The molecule has 1 aliphatic heterocycles. The highest BCUT2D eigenvalue weighted by molar-refractivity contribution is 6.11. The Morgan fingerprint density at radius 3 is 2.41 bits per heavy atom.